The van der Waals surface area contributed by atoms with E-state index in [4.69, 9.17) is 23.2 Å². The van der Waals surface area contributed by atoms with E-state index in [1.807, 2.05) is 82.3 Å². The molecule has 35 heavy (non-hydrogen) atoms. The zero-order valence-corrected chi connectivity index (χ0v) is 22.2. The molecule has 0 aliphatic rings. The lowest BCUT2D eigenvalue weighted by Gasteiger charge is -2.34. The van der Waals surface area contributed by atoms with Crippen molar-refractivity contribution in [2.45, 2.75) is 58.7 Å². The van der Waals surface area contributed by atoms with Gasteiger partial charge in [0, 0.05) is 28.5 Å². The van der Waals surface area contributed by atoms with Crippen molar-refractivity contribution in [1.82, 2.24) is 10.2 Å². The van der Waals surface area contributed by atoms with Crippen molar-refractivity contribution < 1.29 is 9.59 Å². The fourth-order valence-corrected chi connectivity index (χ4v) is 4.41. The number of amides is 2. The molecule has 4 nitrogen and oxygen atoms in total. The van der Waals surface area contributed by atoms with Crippen molar-refractivity contribution in [3.63, 3.8) is 0 Å². The third-order valence-electron chi connectivity index (χ3n) is 5.56. The van der Waals surface area contributed by atoms with Crippen LogP contribution in [0.1, 0.15) is 43.0 Å². The van der Waals surface area contributed by atoms with Gasteiger partial charge in [0.2, 0.25) is 11.8 Å². The van der Waals surface area contributed by atoms with Gasteiger partial charge >= 0.3 is 0 Å². The second-order valence-corrected chi connectivity index (χ2v) is 10.7. The minimum absolute atomic E-state index is 0.147. The number of halogens is 2. The van der Waals surface area contributed by atoms with Crippen LogP contribution in [0.15, 0.2) is 72.8 Å². The molecule has 3 rings (SSSR count). The summed E-state index contributed by atoms with van der Waals surface area (Å²) in [5.41, 5.74) is 3.23. The minimum atomic E-state index is -0.722. The molecule has 6 heteroatoms. The van der Waals surface area contributed by atoms with Crippen molar-refractivity contribution in [1.29, 1.82) is 0 Å². The van der Waals surface area contributed by atoms with E-state index in [1.54, 1.807) is 23.1 Å². The van der Waals surface area contributed by atoms with Crippen molar-refractivity contribution in [2.24, 2.45) is 0 Å². The van der Waals surface area contributed by atoms with E-state index in [1.165, 1.54) is 0 Å². The van der Waals surface area contributed by atoms with E-state index in [9.17, 15) is 9.59 Å². The van der Waals surface area contributed by atoms with Gasteiger partial charge in [-0.1, -0.05) is 89.4 Å². The summed E-state index contributed by atoms with van der Waals surface area (Å²) in [4.78, 5) is 29.0. The van der Waals surface area contributed by atoms with Crippen LogP contribution in [-0.2, 0) is 29.0 Å². The van der Waals surface area contributed by atoms with Gasteiger partial charge in [-0.3, -0.25) is 9.59 Å². The monoisotopic (exact) mass is 510 g/mol. The van der Waals surface area contributed by atoms with Gasteiger partial charge in [0.15, 0.2) is 0 Å². The van der Waals surface area contributed by atoms with E-state index in [0.29, 0.717) is 16.5 Å². The molecule has 1 N–H and O–H groups in total. The van der Waals surface area contributed by atoms with Crippen LogP contribution < -0.4 is 5.32 Å². The molecule has 0 saturated heterocycles. The summed E-state index contributed by atoms with van der Waals surface area (Å²) in [6, 6.07) is 22.1. The highest BCUT2D eigenvalue weighted by atomic mass is 35.5. The number of benzene rings is 3. The maximum Gasteiger partial charge on any atom is 0.243 e. The van der Waals surface area contributed by atoms with Crippen LogP contribution in [0.3, 0.4) is 0 Å². The highest BCUT2D eigenvalue weighted by Gasteiger charge is 2.32. The Morgan fingerprint density at radius 3 is 2.23 bits per heavy atom. The second-order valence-electron chi connectivity index (χ2n) is 9.87. The maximum atomic E-state index is 13.8. The van der Waals surface area contributed by atoms with Crippen molar-refractivity contribution in [3.05, 3.63) is 105 Å². The van der Waals surface area contributed by atoms with Crippen LogP contribution in [0.4, 0.5) is 0 Å². The molecule has 0 saturated carbocycles. The number of carbonyl (C=O) groups is 2. The first-order chi connectivity index (χ1) is 16.5. The predicted octanol–water partition coefficient (Wildman–Crippen LogP) is 6.40. The highest BCUT2D eigenvalue weighted by Crippen LogP contribution is 2.25. The summed E-state index contributed by atoms with van der Waals surface area (Å²) in [5, 5.41) is 4.05. The van der Waals surface area contributed by atoms with Gasteiger partial charge in [-0.2, -0.15) is 0 Å². The summed E-state index contributed by atoms with van der Waals surface area (Å²) < 4.78 is 0. The van der Waals surface area contributed by atoms with E-state index in [-0.39, 0.29) is 24.8 Å². The van der Waals surface area contributed by atoms with Crippen molar-refractivity contribution in [2.75, 3.05) is 0 Å². The Hall–Kier alpha value is -2.82. The number of hydrogen-bond acceptors (Lipinski definition) is 2. The lowest BCUT2D eigenvalue weighted by atomic mass is 9.99. The van der Waals surface area contributed by atoms with Crippen LogP contribution in [0.5, 0.6) is 0 Å². The Morgan fingerprint density at radius 1 is 0.914 bits per heavy atom. The third kappa shape index (κ3) is 8.12. The third-order valence-corrected chi connectivity index (χ3v) is 6.15. The van der Waals surface area contributed by atoms with Gasteiger partial charge in [0.05, 0.1) is 6.42 Å². The summed E-state index contributed by atoms with van der Waals surface area (Å²) in [7, 11) is 0. The first kappa shape index (κ1) is 26.8. The van der Waals surface area contributed by atoms with Gasteiger partial charge in [0.25, 0.3) is 0 Å². The van der Waals surface area contributed by atoms with Gasteiger partial charge < -0.3 is 10.2 Å². The average molecular weight is 511 g/mol. The van der Waals surface area contributed by atoms with Crippen LogP contribution in [0.2, 0.25) is 10.0 Å². The highest BCUT2D eigenvalue weighted by molar-refractivity contribution is 6.35. The Labute approximate surface area is 218 Å². The van der Waals surface area contributed by atoms with E-state index in [0.717, 1.165) is 22.3 Å². The molecule has 3 aromatic rings. The number of rotatable bonds is 8. The van der Waals surface area contributed by atoms with Crippen LogP contribution >= 0.6 is 23.2 Å². The molecule has 2 amide bonds. The second kappa shape index (κ2) is 11.7. The summed E-state index contributed by atoms with van der Waals surface area (Å²) in [6.07, 6.45) is 0.564. The topological polar surface area (TPSA) is 49.4 Å². The van der Waals surface area contributed by atoms with Crippen molar-refractivity contribution in [3.8, 4) is 0 Å². The van der Waals surface area contributed by atoms with Gasteiger partial charge in [-0.15, -0.1) is 0 Å². The predicted molar refractivity (Wildman–Crippen MR) is 144 cm³/mol. The summed E-state index contributed by atoms with van der Waals surface area (Å²) in [5.74, 6) is -0.351. The largest absolute Gasteiger partial charge is 0.350 e. The lowest BCUT2D eigenvalue weighted by Crippen LogP contribution is -2.54. The Kier molecular flexibility index (Phi) is 8.98. The number of nitrogens with zero attached hydrogens (tertiary/aromatic N) is 1. The molecule has 184 valence electrons. The number of nitrogens with one attached hydrogen (secondary N) is 1. The Bertz CT molecular complexity index is 1170. The van der Waals surface area contributed by atoms with Gasteiger partial charge in [0.1, 0.15) is 6.04 Å². The smallest absolute Gasteiger partial charge is 0.243 e. The normalized spacial score (nSPS) is 12.2. The zero-order valence-electron chi connectivity index (χ0n) is 20.6. The van der Waals surface area contributed by atoms with Gasteiger partial charge in [-0.25, -0.2) is 0 Å². The number of carbonyl (C=O) groups excluding carboxylic acids is 2. The van der Waals surface area contributed by atoms with Crippen molar-refractivity contribution >= 4 is 35.0 Å². The SMILES string of the molecule is Cc1cccc(CC(=O)N(Cc2ccc(Cl)cc2Cl)C(Cc2ccccc2)C(=O)NC(C)(C)C)c1. The van der Waals surface area contributed by atoms with Crippen LogP contribution in [-0.4, -0.2) is 28.3 Å². The quantitative estimate of drug-likeness (QED) is 0.381. The molecule has 0 aliphatic carbocycles. The maximum absolute atomic E-state index is 13.8. The van der Waals surface area contributed by atoms with E-state index >= 15 is 0 Å². The fourth-order valence-electron chi connectivity index (χ4n) is 3.94. The molecule has 0 heterocycles. The van der Waals surface area contributed by atoms with E-state index in [2.05, 4.69) is 5.32 Å². The standard InChI is InChI=1S/C29H32Cl2N2O2/c1-20-9-8-12-22(15-20)17-27(34)33(19-23-13-14-24(30)18-25(23)31)26(28(35)32-29(2,3)4)16-21-10-6-5-7-11-21/h5-15,18,26H,16-17,19H2,1-4H3,(H,32,35). The van der Waals surface area contributed by atoms with Crippen LogP contribution in [0, 0.1) is 6.92 Å². The molecule has 0 radical (unpaired) electrons. The molecule has 3 aromatic carbocycles. The first-order valence-electron chi connectivity index (χ1n) is 11.7. The fraction of sp³-hybridized carbons (Fsp3) is 0.310. The first-order valence-corrected chi connectivity index (χ1v) is 12.4. The number of hydrogen-bond donors (Lipinski definition) is 1. The summed E-state index contributed by atoms with van der Waals surface area (Å²) >= 11 is 12.6. The molecule has 0 spiro atoms. The number of aryl methyl sites for hydroxylation is 1. The minimum Gasteiger partial charge on any atom is -0.350 e. The Balaban J connectivity index is 2.02. The molecular formula is C29H32Cl2N2O2. The Morgan fingerprint density at radius 2 is 1.60 bits per heavy atom. The molecule has 1 atom stereocenters. The van der Waals surface area contributed by atoms with E-state index < -0.39 is 11.6 Å². The molecule has 0 aliphatic heterocycles. The molecule has 0 aromatic heterocycles. The lowest BCUT2D eigenvalue weighted by molar-refractivity contribution is -0.141. The molecule has 0 fully saturated rings. The average Bonchev–Trinajstić information content (AvgIpc) is 2.77. The molecular weight excluding hydrogens is 479 g/mol. The molecule has 1 unspecified atom stereocenters. The zero-order chi connectivity index (χ0) is 25.6. The molecule has 0 bridgehead atoms. The summed E-state index contributed by atoms with van der Waals surface area (Å²) in [6.45, 7) is 7.97. The van der Waals surface area contributed by atoms with Gasteiger partial charge in [-0.05, 0) is 56.5 Å². The van der Waals surface area contributed by atoms with Crippen LogP contribution in [0.25, 0.3) is 0 Å².